The molecule has 1 aromatic carbocycles. The van der Waals surface area contributed by atoms with Crippen LogP contribution in [0.25, 0.3) is 0 Å². The van der Waals surface area contributed by atoms with Crippen LogP contribution in [-0.2, 0) is 16.1 Å². The lowest BCUT2D eigenvalue weighted by molar-refractivity contribution is -0.108. The lowest BCUT2D eigenvalue weighted by Gasteiger charge is -2.14. The minimum absolute atomic E-state index is 0.0883. The van der Waals surface area contributed by atoms with Crippen molar-refractivity contribution < 1.29 is 9.63 Å². The summed E-state index contributed by atoms with van der Waals surface area (Å²) in [6.45, 7) is 2.97. The molecule has 0 aliphatic rings. The van der Waals surface area contributed by atoms with Gasteiger partial charge in [-0.15, -0.1) is 0 Å². The second-order valence-electron chi connectivity index (χ2n) is 4.22. The second kappa shape index (κ2) is 7.94. The van der Waals surface area contributed by atoms with Gasteiger partial charge in [0.2, 0.25) is 0 Å². The fraction of sp³-hybridized carbons (Fsp3) is 0.462. The first kappa shape index (κ1) is 14.8. The second-order valence-corrected chi connectivity index (χ2v) is 4.22. The third-order valence-corrected chi connectivity index (χ3v) is 2.61. The summed E-state index contributed by atoms with van der Waals surface area (Å²) in [5, 5.41) is 0. The SMILES string of the molecule is CC(NOCCN)c1ccc(C[C@H](N)C=O)cc1. The van der Waals surface area contributed by atoms with E-state index in [1.807, 2.05) is 31.2 Å². The predicted octanol–water partition coefficient (Wildman–Crippen LogP) is 0.296. The molecule has 5 heteroatoms. The number of carbonyl (C=O) groups is 1. The van der Waals surface area contributed by atoms with Crippen molar-refractivity contribution in [2.24, 2.45) is 11.5 Å². The van der Waals surface area contributed by atoms with Gasteiger partial charge in [0.15, 0.2) is 0 Å². The van der Waals surface area contributed by atoms with Crippen molar-refractivity contribution in [3.8, 4) is 0 Å². The van der Waals surface area contributed by atoms with E-state index in [2.05, 4.69) is 5.48 Å². The molecule has 0 aliphatic carbocycles. The van der Waals surface area contributed by atoms with E-state index < -0.39 is 6.04 Å². The van der Waals surface area contributed by atoms with Gasteiger partial charge in [0.1, 0.15) is 6.29 Å². The highest BCUT2D eigenvalue weighted by molar-refractivity contribution is 5.57. The van der Waals surface area contributed by atoms with Crippen LogP contribution in [-0.4, -0.2) is 25.5 Å². The van der Waals surface area contributed by atoms with Gasteiger partial charge < -0.3 is 16.3 Å². The first-order chi connectivity index (χ1) is 8.67. The Kier molecular flexibility index (Phi) is 6.53. The van der Waals surface area contributed by atoms with Gasteiger partial charge in [0.05, 0.1) is 18.7 Å². The van der Waals surface area contributed by atoms with E-state index in [1.165, 1.54) is 0 Å². The number of nitrogens with one attached hydrogen (secondary N) is 1. The highest BCUT2D eigenvalue weighted by Crippen LogP contribution is 2.13. The van der Waals surface area contributed by atoms with Gasteiger partial charge in [-0.3, -0.25) is 4.84 Å². The van der Waals surface area contributed by atoms with Crippen LogP contribution in [0.1, 0.15) is 24.1 Å². The molecular formula is C13H21N3O2. The van der Waals surface area contributed by atoms with Gasteiger partial charge in [0, 0.05) is 6.54 Å². The summed E-state index contributed by atoms with van der Waals surface area (Å²) in [5.74, 6) is 0. The summed E-state index contributed by atoms with van der Waals surface area (Å²) in [5.41, 5.74) is 16.0. The lowest BCUT2D eigenvalue weighted by atomic mass is 10.0. The van der Waals surface area contributed by atoms with Crippen molar-refractivity contribution in [2.75, 3.05) is 13.2 Å². The first-order valence-corrected chi connectivity index (χ1v) is 6.04. The van der Waals surface area contributed by atoms with E-state index in [0.717, 1.165) is 17.4 Å². The molecule has 0 fully saturated rings. The van der Waals surface area contributed by atoms with Crippen molar-refractivity contribution in [2.45, 2.75) is 25.4 Å². The van der Waals surface area contributed by atoms with Crippen LogP contribution in [0.3, 0.4) is 0 Å². The van der Waals surface area contributed by atoms with Gasteiger partial charge >= 0.3 is 0 Å². The number of hydrogen-bond donors (Lipinski definition) is 3. The van der Waals surface area contributed by atoms with Crippen molar-refractivity contribution in [3.05, 3.63) is 35.4 Å². The zero-order chi connectivity index (χ0) is 13.4. The summed E-state index contributed by atoms with van der Waals surface area (Å²) in [7, 11) is 0. The Hall–Kier alpha value is -1.27. The third-order valence-electron chi connectivity index (χ3n) is 2.61. The van der Waals surface area contributed by atoms with Crippen molar-refractivity contribution in [1.29, 1.82) is 0 Å². The van der Waals surface area contributed by atoms with Crippen molar-refractivity contribution in [3.63, 3.8) is 0 Å². The predicted molar refractivity (Wildman–Crippen MR) is 70.7 cm³/mol. The fourth-order valence-corrected chi connectivity index (χ4v) is 1.57. The van der Waals surface area contributed by atoms with E-state index in [1.54, 1.807) is 0 Å². The van der Waals surface area contributed by atoms with Crippen LogP contribution in [0.4, 0.5) is 0 Å². The molecule has 0 saturated heterocycles. The highest BCUT2D eigenvalue weighted by Gasteiger charge is 2.06. The van der Waals surface area contributed by atoms with Crippen molar-refractivity contribution >= 4 is 6.29 Å². The molecule has 0 saturated carbocycles. The summed E-state index contributed by atoms with van der Waals surface area (Å²) in [4.78, 5) is 15.6. The van der Waals surface area contributed by atoms with Gasteiger partial charge in [-0.1, -0.05) is 24.3 Å². The molecule has 0 heterocycles. The van der Waals surface area contributed by atoms with E-state index in [9.17, 15) is 4.79 Å². The van der Waals surface area contributed by atoms with Crippen LogP contribution in [0.5, 0.6) is 0 Å². The molecule has 5 nitrogen and oxygen atoms in total. The number of nitrogens with two attached hydrogens (primary N) is 2. The third kappa shape index (κ3) is 4.93. The van der Waals surface area contributed by atoms with E-state index >= 15 is 0 Å². The fourth-order valence-electron chi connectivity index (χ4n) is 1.57. The minimum Gasteiger partial charge on any atom is -0.328 e. The van der Waals surface area contributed by atoms with Crippen LogP contribution in [0.15, 0.2) is 24.3 Å². The standard InChI is InChI=1S/C13H21N3O2/c1-10(16-18-7-6-14)12-4-2-11(3-5-12)8-13(15)9-17/h2-5,9-10,13,16H,6-8,14-15H2,1H3/t10?,13-/m0/s1. The monoisotopic (exact) mass is 251 g/mol. The molecule has 0 spiro atoms. The van der Waals surface area contributed by atoms with Gasteiger partial charge in [-0.25, -0.2) is 0 Å². The Morgan fingerprint density at radius 1 is 1.39 bits per heavy atom. The topological polar surface area (TPSA) is 90.4 Å². The molecule has 0 bridgehead atoms. The highest BCUT2D eigenvalue weighted by atomic mass is 16.6. The van der Waals surface area contributed by atoms with E-state index in [0.29, 0.717) is 19.6 Å². The number of aldehydes is 1. The minimum atomic E-state index is -0.431. The maximum atomic E-state index is 10.5. The molecule has 2 atom stereocenters. The number of benzene rings is 1. The van der Waals surface area contributed by atoms with Gasteiger partial charge in [-0.05, 0) is 24.5 Å². The number of carbonyl (C=O) groups excluding carboxylic acids is 1. The van der Waals surface area contributed by atoms with Crippen LogP contribution in [0.2, 0.25) is 0 Å². The molecule has 1 aromatic rings. The van der Waals surface area contributed by atoms with Crippen LogP contribution < -0.4 is 16.9 Å². The molecule has 1 unspecified atom stereocenters. The molecular weight excluding hydrogens is 230 g/mol. The Morgan fingerprint density at radius 3 is 2.61 bits per heavy atom. The molecule has 1 rings (SSSR count). The van der Waals surface area contributed by atoms with Gasteiger partial charge in [0.25, 0.3) is 0 Å². The first-order valence-electron chi connectivity index (χ1n) is 6.04. The number of hydroxylamine groups is 1. The maximum Gasteiger partial charge on any atom is 0.137 e. The Balaban J connectivity index is 2.50. The Bertz CT molecular complexity index is 354. The molecule has 18 heavy (non-hydrogen) atoms. The molecule has 0 radical (unpaired) electrons. The maximum absolute atomic E-state index is 10.5. The molecule has 0 aromatic heterocycles. The van der Waals surface area contributed by atoms with E-state index in [4.69, 9.17) is 16.3 Å². The number of hydrogen-bond acceptors (Lipinski definition) is 5. The van der Waals surface area contributed by atoms with E-state index in [-0.39, 0.29) is 6.04 Å². The molecule has 0 amide bonds. The summed E-state index contributed by atoms with van der Waals surface area (Å²) >= 11 is 0. The normalized spacial score (nSPS) is 14.2. The smallest absolute Gasteiger partial charge is 0.137 e. The number of rotatable bonds is 8. The summed E-state index contributed by atoms with van der Waals surface area (Å²) in [6, 6.07) is 7.59. The molecule has 0 aliphatic heterocycles. The molecule has 5 N–H and O–H groups in total. The average Bonchev–Trinajstić information content (AvgIpc) is 2.39. The zero-order valence-electron chi connectivity index (χ0n) is 10.6. The van der Waals surface area contributed by atoms with Crippen LogP contribution in [0, 0.1) is 0 Å². The summed E-state index contributed by atoms with van der Waals surface area (Å²) in [6.07, 6.45) is 1.33. The average molecular weight is 251 g/mol. The molecule has 100 valence electrons. The summed E-state index contributed by atoms with van der Waals surface area (Å²) < 4.78 is 0. The lowest BCUT2D eigenvalue weighted by Crippen LogP contribution is -2.24. The van der Waals surface area contributed by atoms with Crippen LogP contribution >= 0.6 is 0 Å². The Labute approximate surface area is 107 Å². The quantitative estimate of drug-likeness (QED) is 0.351. The largest absolute Gasteiger partial charge is 0.328 e. The van der Waals surface area contributed by atoms with Crippen molar-refractivity contribution in [1.82, 2.24) is 5.48 Å². The zero-order valence-corrected chi connectivity index (χ0v) is 10.6. The Morgan fingerprint density at radius 2 is 2.06 bits per heavy atom. The van der Waals surface area contributed by atoms with Gasteiger partial charge in [-0.2, -0.15) is 5.48 Å².